The van der Waals surface area contributed by atoms with Crippen molar-refractivity contribution in [3.63, 3.8) is 0 Å². The van der Waals surface area contributed by atoms with Gasteiger partial charge in [-0.05, 0) is 43.9 Å². The number of para-hydroxylation sites is 1. The summed E-state index contributed by atoms with van der Waals surface area (Å²) in [6, 6.07) is 16.1. The third-order valence-electron chi connectivity index (χ3n) is 8.04. The molecular formula is C30H40N4O4. The van der Waals surface area contributed by atoms with Crippen LogP contribution in [0.25, 0.3) is 0 Å². The van der Waals surface area contributed by atoms with Gasteiger partial charge in [0.1, 0.15) is 11.2 Å². The molecule has 0 spiro atoms. The van der Waals surface area contributed by atoms with E-state index in [1.165, 1.54) is 0 Å². The number of rotatable bonds is 9. The number of imide groups is 1. The molecule has 0 radical (unpaired) electrons. The Labute approximate surface area is 225 Å². The van der Waals surface area contributed by atoms with Crippen molar-refractivity contribution in [1.82, 2.24) is 20.4 Å². The van der Waals surface area contributed by atoms with E-state index in [4.69, 9.17) is 4.74 Å². The van der Waals surface area contributed by atoms with Crippen LogP contribution >= 0.6 is 0 Å². The van der Waals surface area contributed by atoms with Crippen LogP contribution in [0, 0.1) is 12.3 Å². The van der Waals surface area contributed by atoms with E-state index in [0.29, 0.717) is 51.2 Å². The molecule has 204 valence electrons. The average molecular weight is 521 g/mol. The number of benzene rings is 2. The molecule has 8 heteroatoms. The predicted octanol–water partition coefficient (Wildman–Crippen LogP) is 4.40. The van der Waals surface area contributed by atoms with Crippen LogP contribution in [0.4, 0.5) is 4.79 Å². The molecule has 8 nitrogen and oxygen atoms in total. The average Bonchev–Trinajstić information content (AvgIpc) is 2.94. The summed E-state index contributed by atoms with van der Waals surface area (Å²) in [6.07, 6.45) is 2.27. The number of likely N-dealkylation sites (tertiary alicyclic amines) is 1. The lowest BCUT2D eigenvalue weighted by Gasteiger charge is -2.61. The van der Waals surface area contributed by atoms with Crippen molar-refractivity contribution in [2.24, 2.45) is 5.41 Å². The SMILES string of the molecule is CCCC(NC(=O)N1C(=O)C(CC)(CC)C1(Oc1ccccc1)C(=O)N1CCNCC1)c1ccc(C)cc1. The second-order valence-corrected chi connectivity index (χ2v) is 10.2. The Morgan fingerprint density at radius 3 is 2.21 bits per heavy atom. The number of aryl methyl sites for hydroxylation is 1. The van der Waals surface area contributed by atoms with Crippen LogP contribution < -0.4 is 15.4 Å². The molecule has 2 heterocycles. The summed E-state index contributed by atoms with van der Waals surface area (Å²) in [4.78, 5) is 45.1. The number of nitrogens with zero attached hydrogens (tertiary/aromatic N) is 2. The van der Waals surface area contributed by atoms with Crippen molar-refractivity contribution in [3.05, 3.63) is 65.7 Å². The van der Waals surface area contributed by atoms with Gasteiger partial charge in [0.05, 0.1) is 6.04 Å². The standard InChI is InChI=1S/C30H40N4O4/c1-5-11-25(23-16-14-22(4)15-17-23)32-28(37)34-26(35)29(6-2,7-3)30(34,38-24-12-9-8-10-13-24)27(36)33-20-18-31-19-21-33/h8-10,12-17,25,31H,5-7,11,18-21H2,1-4H3,(H,32,37). The Bertz CT molecular complexity index is 1130. The lowest BCUT2D eigenvalue weighted by atomic mass is 9.62. The number of piperazine rings is 1. The fourth-order valence-electron chi connectivity index (χ4n) is 5.78. The Balaban J connectivity index is 1.77. The molecule has 0 saturated carbocycles. The smallest absolute Gasteiger partial charge is 0.328 e. The molecule has 38 heavy (non-hydrogen) atoms. The molecule has 4 amide bonds. The summed E-state index contributed by atoms with van der Waals surface area (Å²) in [7, 11) is 0. The highest BCUT2D eigenvalue weighted by molar-refractivity contribution is 6.13. The molecule has 2 saturated heterocycles. The minimum Gasteiger partial charge on any atom is -0.457 e. The number of hydrogen-bond acceptors (Lipinski definition) is 5. The zero-order chi connectivity index (χ0) is 27.3. The van der Waals surface area contributed by atoms with Crippen molar-refractivity contribution < 1.29 is 19.1 Å². The van der Waals surface area contributed by atoms with Crippen LogP contribution in [0.1, 0.15) is 63.6 Å². The van der Waals surface area contributed by atoms with E-state index in [1.54, 1.807) is 17.0 Å². The molecule has 0 aliphatic carbocycles. The summed E-state index contributed by atoms with van der Waals surface area (Å²) in [5.41, 5.74) is -0.855. The predicted molar refractivity (Wildman–Crippen MR) is 146 cm³/mol. The van der Waals surface area contributed by atoms with Crippen LogP contribution in [0.2, 0.25) is 0 Å². The van der Waals surface area contributed by atoms with Gasteiger partial charge < -0.3 is 20.3 Å². The Kier molecular flexibility index (Phi) is 8.41. The van der Waals surface area contributed by atoms with E-state index in [-0.39, 0.29) is 17.9 Å². The Hall–Kier alpha value is -3.39. The fourth-order valence-corrected chi connectivity index (χ4v) is 5.78. The maximum Gasteiger partial charge on any atom is 0.328 e. The third-order valence-corrected chi connectivity index (χ3v) is 8.04. The van der Waals surface area contributed by atoms with E-state index >= 15 is 0 Å². The topological polar surface area (TPSA) is 91.0 Å². The quantitative estimate of drug-likeness (QED) is 0.478. The molecule has 2 N–H and O–H groups in total. The molecule has 0 bridgehead atoms. The number of urea groups is 1. The summed E-state index contributed by atoms with van der Waals surface area (Å²) in [6.45, 7) is 10.1. The first-order chi connectivity index (χ1) is 18.3. The highest BCUT2D eigenvalue weighted by atomic mass is 16.5. The first kappa shape index (κ1) is 27.6. The fraction of sp³-hybridized carbons (Fsp3) is 0.500. The molecule has 2 aromatic rings. The molecular weight excluding hydrogens is 480 g/mol. The van der Waals surface area contributed by atoms with Gasteiger partial charge >= 0.3 is 6.03 Å². The van der Waals surface area contributed by atoms with E-state index in [0.717, 1.165) is 22.4 Å². The minimum absolute atomic E-state index is 0.303. The highest BCUT2D eigenvalue weighted by Crippen LogP contribution is 2.55. The van der Waals surface area contributed by atoms with Gasteiger partial charge in [-0.1, -0.05) is 75.2 Å². The molecule has 0 aromatic heterocycles. The van der Waals surface area contributed by atoms with Crippen molar-refractivity contribution in [2.75, 3.05) is 26.2 Å². The molecule has 2 unspecified atom stereocenters. The zero-order valence-electron chi connectivity index (χ0n) is 23.0. The number of amides is 4. The van der Waals surface area contributed by atoms with Crippen molar-refractivity contribution >= 4 is 17.8 Å². The monoisotopic (exact) mass is 520 g/mol. The maximum absolute atomic E-state index is 14.4. The lowest BCUT2D eigenvalue weighted by Crippen LogP contribution is -2.87. The molecule has 2 aliphatic rings. The number of carbonyl (C=O) groups is 3. The van der Waals surface area contributed by atoms with Crippen LogP contribution in [0.3, 0.4) is 0 Å². The van der Waals surface area contributed by atoms with Gasteiger partial charge in [-0.2, -0.15) is 0 Å². The maximum atomic E-state index is 14.4. The number of ether oxygens (including phenoxy) is 1. The number of carbonyl (C=O) groups excluding carboxylic acids is 3. The van der Waals surface area contributed by atoms with Crippen LogP contribution in [0.5, 0.6) is 5.75 Å². The van der Waals surface area contributed by atoms with Gasteiger partial charge in [-0.15, -0.1) is 0 Å². The van der Waals surface area contributed by atoms with Gasteiger partial charge in [0.15, 0.2) is 0 Å². The van der Waals surface area contributed by atoms with Crippen LogP contribution in [-0.2, 0) is 9.59 Å². The van der Waals surface area contributed by atoms with E-state index in [1.807, 2.05) is 63.2 Å². The van der Waals surface area contributed by atoms with E-state index in [2.05, 4.69) is 17.6 Å². The second-order valence-electron chi connectivity index (χ2n) is 10.2. The molecule has 2 aliphatic heterocycles. The second kappa shape index (κ2) is 11.6. The number of nitrogens with one attached hydrogen (secondary N) is 2. The summed E-state index contributed by atoms with van der Waals surface area (Å²) in [5.74, 6) is -0.279. The van der Waals surface area contributed by atoms with Crippen molar-refractivity contribution in [3.8, 4) is 5.75 Å². The largest absolute Gasteiger partial charge is 0.457 e. The number of β-lactam (4-membered cyclic amide) rings is 1. The molecule has 2 atom stereocenters. The van der Waals surface area contributed by atoms with E-state index in [9.17, 15) is 14.4 Å². The van der Waals surface area contributed by atoms with Crippen molar-refractivity contribution in [2.45, 2.75) is 65.1 Å². The van der Waals surface area contributed by atoms with Crippen molar-refractivity contribution in [1.29, 1.82) is 0 Å². The molecule has 4 rings (SSSR count). The summed E-state index contributed by atoms with van der Waals surface area (Å²) >= 11 is 0. The van der Waals surface area contributed by atoms with Gasteiger partial charge in [0, 0.05) is 26.2 Å². The normalized spacial score (nSPS) is 21.4. The summed E-state index contributed by atoms with van der Waals surface area (Å²) in [5, 5.41) is 6.34. The number of hydrogen-bond donors (Lipinski definition) is 2. The molecule has 2 fully saturated rings. The van der Waals surface area contributed by atoms with E-state index < -0.39 is 17.2 Å². The van der Waals surface area contributed by atoms with Crippen LogP contribution in [-0.4, -0.2) is 59.5 Å². The highest BCUT2D eigenvalue weighted by Gasteiger charge is 2.78. The first-order valence-corrected chi connectivity index (χ1v) is 13.8. The Morgan fingerprint density at radius 2 is 1.63 bits per heavy atom. The van der Waals surface area contributed by atoms with Gasteiger partial charge in [-0.25, -0.2) is 9.69 Å². The first-order valence-electron chi connectivity index (χ1n) is 13.8. The van der Waals surface area contributed by atoms with Gasteiger partial charge in [0.25, 0.3) is 11.6 Å². The third kappa shape index (κ3) is 4.66. The Morgan fingerprint density at radius 1 is 1.00 bits per heavy atom. The van der Waals surface area contributed by atoms with Gasteiger partial charge in [-0.3, -0.25) is 9.59 Å². The van der Waals surface area contributed by atoms with Crippen LogP contribution in [0.15, 0.2) is 54.6 Å². The lowest BCUT2D eigenvalue weighted by molar-refractivity contribution is -0.238. The zero-order valence-corrected chi connectivity index (χ0v) is 23.0. The van der Waals surface area contributed by atoms with Gasteiger partial charge in [0.2, 0.25) is 5.91 Å². The minimum atomic E-state index is -1.78. The summed E-state index contributed by atoms with van der Waals surface area (Å²) < 4.78 is 6.55. The molecule has 2 aromatic carbocycles.